The number of nitrogens with one attached hydrogen (secondary N) is 1. The first kappa shape index (κ1) is 16.7. The Morgan fingerprint density at radius 3 is 2.57 bits per heavy atom. The van der Waals surface area contributed by atoms with Gasteiger partial charge in [-0.15, -0.1) is 11.8 Å². The predicted molar refractivity (Wildman–Crippen MR) is 87.0 cm³/mol. The highest BCUT2D eigenvalue weighted by atomic mass is 32.2. The number of carbonyl (C=O) groups excluding carboxylic acids is 2. The molecule has 2 saturated heterocycles. The molecule has 5 heteroatoms. The standard InChI is InChI=1S/C16H28N2O2S/c1-14(2,3)10-15(4,5)17-13(20)11-9-21-16(6)8-7-12(19)18(11)16/h11H,7-10H2,1-6H3,(H,17,20)/t11-,16-/m0/s1. The van der Waals surface area contributed by atoms with E-state index in [4.69, 9.17) is 0 Å². The summed E-state index contributed by atoms with van der Waals surface area (Å²) in [7, 11) is 0. The molecule has 2 aliphatic heterocycles. The highest BCUT2D eigenvalue weighted by Gasteiger charge is 2.53. The van der Waals surface area contributed by atoms with Gasteiger partial charge in [0.25, 0.3) is 0 Å². The molecule has 0 aromatic carbocycles. The average Bonchev–Trinajstić information content (AvgIpc) is 2.72. The van der Waals surface area contributed by atoms with Gasteiger partial charge < -0.3 is 10.2 Å². The molecule has 0 unspecified atom stereocenters. The molecule has 0 radical (unpaired) electrons. The predicted octanol–water partition coefficient (Wildman–Crippen LogP) is 2.77. The second kappa shape index (κ2) is 5.18. The quantitative estimate of drug-likeness (QED) is 0.872. The Balaban J connectivity index is 2.06. The van der Waals surface area contributed by atoms with E-state index in [1.165, 1.54) is 0 Å². The number of thioether (sulfide) groups is 1. The number of rotatable bonds is 3. The summed E-state index contributed by atoms with van der Waals surface area (Å²) in [4.78, 5) is 26.4. The molecule has 0 bridgehead atoms. The van der Waals surface area contributed by atoms with Gasteiger partial charge in [-0.25, -0.2) is 0 Å². The van der Waals surface area contributed by atoms with Gasteiger partial charge in [-0.3, -0.25) is 9.59 Å². The molecule has 0 aliphatic carbocycles. The Bertz CT molecular complexity index is 456. The first-order valence-electron chi connectivity index (χ1n) is 7.72. The van der Waals surface area contributed by atoms with E-state index in [0.717, 1.165) is 12.8 Å². The Morgan fingerprint density at radius 1 is 1.38 bits per heavy atom. The summed E-state index contributed by atoms with van der Waals surface area (Å²) in [6, 6.07) is -0.311. The maximum Gasteiger partial charge on any atom is 0.244 e. The van der Waals surface area contributed by atoms with E-state index >= 15 is 0 Å². The van der Waals surface area contributed by atoms with Crippen molar-refractivity contribution in [2.75, 3.05) is 5.75 Å². The lowest BCUT2D eigenvalue weighted by molar-refractivity contribution is -0.138. The third-order valence-electron chi connectivity index (χ3n) is 4.18. The van der Waals surface area contributed by atoms with Crippen molar-refractivity contribution in [1.29, 1.82) is 0 Å². The van der Waals surface area contributed by atoms with Gasteiger partial charge in [-0.1, -0.05) is 20.8 Å². The van der Waals surface area contributed by atoms with Crippen molar-refractivity contribution in [1.82, 2.24) is 10.2 Å². The highest BCUT2D eigenvalue weighted by Crippen LogP contribution is 2.47. The first-order valence-corrected chi connectivity index (χ1v) is 8.70. The van der Waals surface area contributed by atoms with Crippen LogP contribution < -0.4 is 5.32 Å². The van der Waals surface area contributed by atoms with Crippen LogP contribution in [0.15, 0.2) is 0 Å². The third kappa shape index (κ3) is 3.55. The minimum absolute atomic E-state index is 0.00396. The fourth-order valence-corrected chi connectivity index (χ4v) is 5.23. The largest absolute Gasteiger partial charge is 0.349 e. The molecule has 1 N–H and O–H groups in total. The zero-order valence-electron chi connectivity index (χ0n) is 14.1. The van der Waals surface area contributed by atoms with Gasteiger partial charge in [-0.2, -0.15) is 0 Å². The van der Waals surface area contributed by atoms with Crippen molar-refractivity contribution < 1.29 is 9.59 Å². The first-order chi connectivity index (χ1) is 9.44. The van der Waals surface area contributed by atoms with Crippen molar-refractivity contribution in [3.05, 3.63) is 0 Å². The molecule has 0 saturated carbocycles. The van der Waals surface area contributed by atoms with Gasteiger partial charge in [0.2, 0.25) is 11.8 Å². The van der Waals surface area contributed by atoms with Crippen LogP contribution in [-0.4, -0.2) is 38.9 Å². The van der Waals surface area contributed by atoms with Crippen LogP contribution in [0.25, 0.3) is 0 Å². The van der Waals surface area contributed by atoms with E-state index in [9.17, 15) is 9.59 Å². The molecule has 21 heavy (non-hydrogen) atoms. The van der Waals surface area contributed by atoms with Gasteiger partial charge in [-0.05, 0) is 39.0 Å². The average molecular weight is 312 g/mol. The van der Waals surface area contributed by atoms with E-state index in [0.29, 0.717) is 12.2 Å². The number of carbonyl (C=O) groups is 2. The topological polar surface area (TPSA) is 49.4 Å². The second-order valence-corrected chi connectivity index (χ2v) is 9.88. The smallest absolute Gasteiger partial charge is 0.244 e. The monoisotopic (exact) mass is 312 g/mol. The summed E-state index contributed by atoms with van der Waals surface area (Å²) in [5.41, 5.74) is -0.110. The number of hydrogen-bond acceptors (Lipinski definition) is 3. The minimum Gasteiger partial charge on any atom is -0.349 e. The van der Waals surface area contributed by atoms with E-state index < -0.39 is 0 Å². The van der Waals surface area contributed by atoms with E-state index in [1.807, 2.05) is 4.90 Å². The molecule has 2 amide bonds. The van der Waals surface area contributed by atoms with Gasteiger partial charge in [0.1, 0.15) is 6.04 Å². The summed E-state index contributed by atoms with van der Waals surface area (Å²) in [6.07, 6.45) is 2.32. The zero-order chi connectivity index (χ0) is 16.1. The van der Waals surface area contributed by atoms with Crippen LogP contribution in [0.5, 0.6) is 0 Å². The lowest BCUT2D eigenvalue weighted by Gasteiger charge is -2.36. The number of nitrogens with zero attached hydrogens (tertiary/aromatic N) is 1. The third-order valence-corrected chi connectivity index (χ3v) is 5.69. The van der Waals surface area contributed by atoms with Gasteiger partial charge in [0, 0.05) is 17.7 Å². The fourth-order valence-electron chi connectivity index (χ4n) is 3.80. The molecular weight excluding hydrogens is 284 g/mol. The van der Waals surface area contributed by atoms with Gasteiger partial charge in [0.15, 0.2) is 0 Å². The molecule has 120 valence electrons. The normalized spacial score (nSPS) is 29.7. The van der Waals surface area contributed by atoms with E-state index in [-0.39, 0.29) is 33.7 Å². The van der Waals surface area contributed by atoms with Gasteiger partial charge >= 0.3 is 0 Å². The molecule has 0 aromatic rings. The van der Waals surface area contributed by atoms with Crippen molar-refractivity contribution in [2.24, 2.45) is 5.41 Å². The summed E-state index contributed by atoms with van der Waals surface area (Å²) in [5.74, 6) is 0.826. The van der Waals surface area contributed by atoms with Crippen LogP contribution in [0.2, 0.25) is 0 Å². The Kier molecular flexibility index (Phi) is 4.11. The number of fused-ring (bicyclic) bond motifs is 1. The maximum atomic E-state index is 12.7. The molecule has 0 aromatic heterocycles. The fraction of sp³-hybridized carbons (Fsp3) is 0.875. The lowest BCUT2D eigenvalue weighted by atomic mass is 9.81. The Morgan fingerprint density at radius 2 is 2.00 bits per heavy atom. The zero-order valence-corrected chi connectivity index (χ0v) is 14.9. The molecule has 0 spiro atoms. The summed E-state index contributed by atoms with van der Waals surface area (Å²) in [6.45, 7) is 12.7. The van der Waals surface area contributed by atoms with Crippen LogP contribution >= 0.6 is 11.8 Å². The summed E-state index contributed by atoms with van der Waals surface area (Å²) < 4.78 is 0. The van der Waals surface area contributed by atoms with Gasteiger partial charge in [0.05, 0.1) is 4.87 Å². The minimum atomic E-state index is -0.311. The molecule has 2 fully saturated rings. The molecule has 2 atom stereocenters. The van der Waals surface area contributed by atoms with Crippen LogP contribution in [0.4, 0.5) is 0 Å². The van der Waals surface area contributed by atoms with Crippen molar-refractivity contribution in [3.63, 3.8) is 0 Å². The molecule has 2 aliphatic rings. The van der Waals surface area contributed by atoms with E-state index in [2.05, 4.69) is 46.9 Å². The van der Waals surface area contributed by atoms with Crippen molar-refractivity contribution >= 4 is 23.6 Å². The molecule has 4 nitrogen and oxygen atoms in total. The van der Waals surface area contributed by atoms with Crippen LogP contribution in [0.3, 0.4) is 0 Å². The Hall–Kier alpha value is -0.710. The van der Waals surface area contributed by atoms with Crippen LogP contribution in [0.1, 0.15) is 60.8 Å². The molecule has 2 heterocycles. The second-order valence-electron chi connectivity index (χ2n) is 8.38. The number of amides is 2. The van der Waals surface area contributed by atoms with Crippen LogP contribution in [-0.2, 0) is 9.59 Å². The van der Waals surface area contributed by atoms with Crippen molar-refractivity contribution in [2.45, 2.75) is 77.3 Å². The maximum absolute atomic E-state index is 12.7. The highest BCUT2D eigenvalue weighted by molar-refractivity contribution is 8.01. The lowest BCUT2D eigenvalue weighted by Crippen LogP contribution is -2.55. The summed E-state index contributed by atoms with van der Waals surface area (Å²) >= 11 is 1.74. The van der Waals surface area contributed by atoms with E-state index in [1.54, 1.807) is 11.8 Å². The summed E-state index contributed by atoms with van der Waals surface area (Å²) in [5, 5.41) is 3.16. The van der Waals surface area contributed by atoms with Crippen molar-refractivity contribution in [3.8, 4) is 0 Å². The molecular formula is C16H28N2O2S. The van der Waals surface area contributed by atoms with Crippen LogP contribution in [0, 0.1) is 5.41 Å². The molecule has 2 rings (SSSR count). The number of hydrogen-bond donors (Lipinski definition) is 1. The Labute approximate surface area is 132 Å². The SMILES string of the molecule is CC(C)(C)CC(C)(C)NC(=O)[C@@H]1CS[C@@]2(C)CCC(=O)N12.